The highest BCUT2D eigenvalue weighted by atomic mass is 32.2. The lowest BCUT2D eigenvalue weighted by molar-refractivity contribution is -0.141. The summed E-state index contributed by atoms with van der Waals surface area (Å²) in [5.74, 6) is -0.0476. The van der Waals surface area contributed by atoms with Crippen molar-refractivity contribution in [2.24, 2.45) is 0 Å². The fourth-order valence-corrected chi connectivity index (χ4v) is 5.06. The van der Waals surface area contributed by atoms with E-state index >= 15 is 0 Å². The third kappa shape index (κ3) is 8.61. The van der Waals surface area contributed by atoms with Crippen LogP contribution in [0.25, 0.3) is 0 Å². The Bertz CT molecular complexity index is 1570. The Hall–Kier alpha value is -4.82. The minimum absolute atomic E-state index is 0.114. The van der Waals surface area contributed by atoms with Gasteiger partial charge in [0.05, 0.1) is 13.7 Å². The fraction of sp³-hybridized carbons (Fsp3) is 0.194. The van der Waals surface area contributed by atoms with Gasteiger partial charge >= 0.3 is 5.97 Å². The van der Waals surface area contributed by atoms with Gasteiger partial charge in [0.15, 0.2) is 5.78 Å². The first-order chi connectivity index (χ1) is 21.4. The quantitative estimate of drug-likeness (QED) is 0.0728. The van der Waals surface area contributed by atoms with Gasteiger partial charge in [-0.3, -0.25) is 9.59 Å². The molecule has 0 aliphatic heterocycles. The molecule has 0 unspecified atom stereocenters. The van der Waals surface area contributed by atoms with Crippen molar-refractivity contribution in [3.8, 4) is 5.75 Å². The number of rotatable bonds is 14. The highest BCUT2D eigenvalue weighted by Crippen LogP contribution is 2.23. The number of methoxy groups -OCH3 is 1. The van der Waals surface area contributed by atoms with Crippen molar-refractivity contribution in [3.05, 3.63) is 132 Å². The SMILES string of the molecule is C/C=C/C(=O)N(CCOc1ccc(C[C@H](Nc2ccccc2C(=O)c2ccccc2)C(=O)OC)cc1)c1ccc(SC)cc1. The third-order valence-corrected chi connectivity index (χ3v) is 7.67. The number of allylic oxidation sites excluding steroid dienone is 1. The molecule has 0 spiro atoms. The normalized spacial score (nSPS) is 11.5. The molecule has 0 radical (unpaired) electrons. The molecule has 0 saturated carbocycles. The summed E-state index contributed by atoms with van der Waals surface area (Å²) in [7, 11) is 1.34. The van der Waals surface area contributed by atoms with Gasteiger partial charge in [-0.25, -0.2) is 4.79 Å². The molecule has 0 aromatic heterocycles. The largest absolute Gasteiger partial charge is 0.492 e. The average molecular weight is 609 g/mol. The Morgan fingerprint density at radius 3 is 2.23 bits per heavy atom. The van der Waals surface area contributed by atoms with E-state index in [1.807, 2.05) is 86.0 Å². The molecule has 7 nitrogen and oxygen atoms in total. The molecule has 0 aliphatic rings. The summed E-state index contributed by atoms with van der Waals surface area (Å²) in [5.41, 5.74) is 3.27. The van der Waals surface area contributed by atoms with Crippen LogP contribution in [0.1, 0.15) is 28.4 Å². The van der Waals surface area contributed by atoms with Gasteiger partial charge < -0.3 is 19.7 Å². The van der Waals surface area contributed by atoms with Gasteiger partial charge in [-0.1, -0.05) is 60.7 Å². The molecule has 4 rings (SSSR count). The first kappa shape index (κ1) is 32.1. The summed E-state index contributed by atoms with van der Waals surface area (Å²) in [4.78, 5) is 41.5. The summed E-state index contributed by atoms with van der Waals surface area (Å²) in [5, 5.41) is 3.23. The molecule has 0 bridgehead atoms. The zero-order chi connectivity index (χ0) is 31.3. The molecule has 226 valence electrons. The van der Waals surface area contributed by atoms with Crippen LogP contribution >= 0.6 is 11.8 Å². The number of benzene rings is 4. The molecule has 4 aromatic carbocycles. The highest BCUT2D eigenvalue weighted by Gasteiger charge is 2.23. The smallest absolute Gasteiger partial charge is 0.328 e. The summed E-state index contributed by atoms with van der Waals surface area (Å²) in [6, 6.07) is 30.7. The minimum atomic E-state index is -0.722. The van der Waals surface area contributed by atoms with E-state index in [1.54, 1.807) is 59.1 Å². The molecular formula is C36H36N2O5S. The Morgan fingerprint density at radius 1 is 0.886 bits per heavy atom. The lowest BCUT2D eigenvalue weighted by atomic mass is 10.00. The third-order valence-electron chi connectivity index (χ3n) is 6.93. The lowest BCUT2D eigenvalue weighted by Crippen LogP contribution is -2.33. The molecule has 0 aliphatic carbocycles. The van der Waals surface area contributed by atoms with Crippen LogP contribution in [0.5, 0.6) is 5.75 Å². The van der Waals surface area contributed by atoms with Gasteiger partial charge in [0.2, 0.25) is 0 Å². The molecule has 44 heavy (non-hydrogen) atoms. The molecule has 4 aromatic rings. The van der Waals surface area contributed by atoms with Crippen molar-refractivity contribution < 1.29 is 23.9 Å². The topological polar surface area (TPSA) is 84.9 Å². The lowest BCUT2D eigenvalue weighted by Gasteiger charge is -2.22. The van der Waals surface area contributed by atoms with E-state index in [2.05, 4.69) is 5.32 Å². The molecule has 0 heterocycles. The second kappa shape index (κ2) is 16.1. The first-order valence-corrected chi connectivity index (χ1v) is 15.5. The molecule has 8 heteroatoms. The van der Waals surface area contributed by atoms with Crippen LogP contribution in [-0.4, -0.2) is 50.2 Å². The van der Waals surface area contributed by atoms with E-state index in [0.29, 0.717) is 42.1 Å². The standard InChI is InChI=1S/C36H36N2O5S/c1-4-10-34(39)38(28-17-21-30(44-3)22-18-28)23-24-43-29-19-15-26(16-20-29)25-33(36(41)42-2)37-32-14-9-8-13-31(32)35(40)27-11-6-5-7-12-27/h4-22,33,37H,23-25H2,1-3H3/b10-4+/t33-/m0/s1. The molecule has 0 fully saturated rings. The number of nitrogens with zero attached hydrogens (tertiary/aromatic N) is 1. The maximum Gasteiger partial charge on any atom is 0.328 e. The molecule has 1 atom stereocenters. The Morgan fingerprint density at radius 2 is 1.57 bits per heavy atom. The van der Waals surface area contributed by atoms with E-state index in [0.717, 1.165) is 16.1 Å². The van der Waals surface area contributed by atoms with E-state index in [9.17, 15) is 14.4 Å². The van der Waals surface area contributed by atoms with Crippen molar-refractivity contribution in [3.63, 3.8) is 0 Å². The van der Waals surface area contributed by atoms with Crippen LogP contribution in [0.15, 0.2) is 120 Å². The maximum absolute atomic E-state index is 13.2. The average Bonchev–Trinajstić information content (AvgIpc) is 3.07. The monoisotopic (exact) mass is 608 g/mol. The number of hydrogen-bond donors (Lipinski definition) is 1. The van der Waals surface area contributed by atoms with Crippen LogP contribution in [0.2, 0.25) is 0 Å². The van der Waals surface area contributed by atoms with Gasteiger partial charge in [0.25, 0.3) is 5.91 Å². The number of para-hydroxylation sites is 1. The summed E-state index contributed by atoms with van der Waals surface area (Å²) < 4.78 is 11.1. The number of amides is 1. The number of anilines is 2. The van der Waals surface area contributed by atoms with Crippen LogP contribution in [0.3, 0.4) is 0 Å². The van der Waals surface area contributed by atoms with Crippen LogP contribution in [-0.2, 0) is 20.7 Å². The molecule has 1 amide bonds. The number of ketones is 1. The second-order valence-electron chi connectivity index (χ2n) is 9.85. The van der Waals surface area contributed by atoms with Crippen LogP contribution < -0.4 is 15.0 Å². The van der Waals surface area contributed by atoms with Gasteiger partial charge in [-0.05, 0) is 73.3 Å². The van der Waals surface area contributed by atoms with Crippen LogP contribution in [0, 0.1) is 0 Å². The minimum Gasteiger partial charge on any atom is -0.492 e. The number of esters is 1. The number of carbonyl (C=O) groups is 3. The van der Waals surface area contributed by atoms with Crippen LogP contribution in [0.4, 0.5) is 11.4 Å². The van der Waals surface area contributed by atoms with Crippen molar-refractivity contribution in [2.45, 2.75) is 24.3 Å². The predicted molar refractivity (Wildman–Crippen MR) is 177 cm³/mol. The first-order valence-electron chi connectivity index (χ1n) is 14.3. The Labute approximate surface area is 262 Å². The maximum atomic E-state index is 13.2. The molecular weight excluding hydrogens is 572 g/mol. The van der Waals surface area contributed by atoms with Crippen molar-refractivity contribution >= 4 is 40.8 Å². The Balaban J connectivity index is 1.41. The number of hydrogen-bond acceptors (Lipinski definition) is 7. The summed E-state index contributed by atoms with van der Waals surface area (Å²) >= 11 is 1.65. The van der Waals surface area contributed by atoms with Gasteiger partial charge in [-0.15, -0.1) is 11.8 Å². The molecule has 1 N–H and O–H groups in total. The van der Waals surface area contributed by atoms with E-state index in [4.69, 9.17) is 9.47 Å². The second-order valence-corrected chi connectivity index (χ2v) is 10.7. The van der Waals surface area contributed by atoms with E-state index in [1.165, 1.54) is 7.11 Å². The predicted octanol–water partition coefficient (Wildman–Crippen LogP) is 6.82. The molecule has 0 saturated heterocycles. The van der Waals surface area contributed by atoms with Crippen molar-refractivity contribution in [1.82, 2.24) is 0 Å². The number of carbonyl (C=O) groups excluding carboxylic acids is 3. The van der Waals surface area contributed by atoms with E-state index in [-0.39, 0.29) is 11.7 Å². The summed E-state index contributed by atoms with van der Waals surface area (Å²) in [6.07, 6.45) is 5.61. The zero-order valence-corrected chi connectivity index (χ0v) is 25.9. The highest BCUT2D eigenvalue weighted by molar-refractivity contribution is 7.98. The van der Waals surface area contributed by atoms with Crippen molar-refractivity contribution in [2.75, 3.05) is 36.7 Å². The number of ether oxygens (including phenoxy) is 2. The number of nitrogens with one attached hydrogen (secondary N) is 1. The van der Waals surface area contributed by atoms with E-state index < -0.39 is 12.0 Å². The Kier molecular flexibility index (Phi) is 11.8. The van der Waals surface area contributed by atoms with Crippen molar-refractivity contribution in [1.29, 1.82) is 0 Å². The van der Waals surface area contributed by atoms with Gasteiger partial charge in [0, 0.05) is 33.8 Å². The summed E-state index contributed by atoms with van der Waals surface area (Å²) in [6.45, 7) is 2.48. The van der Waals surface area contributed by atoms with Gasteiger partial charge in [0.1, 0.15) is 18.4 Å². The van der Waals surface area contributed by atoms with Gasteiger partial charge in [-0.2, -0.15) is 0 Å². The zero-order valence-electron chi connectivity index (χ0n) is 25.1. The fourth-order valence-electron chi connectivity index (χ4n) is 4.65. The number of thioether (sulfide) groups is 1.